The number of aliphatic hydroxyl groups is 1. The third-order valence-corrected chi connectivity index (χ3v) is 6.41. The fourth-order valence-corrected chi connectivity index (χ4v) is 4.98. The number of aryl methyl sites for hydroxylation is 2. The SMILES string of the molecule is Cc1cc2c(C3CCN(CC(C)(C)O)CC3)[nH]nc2cc1-c1cc(C)c2ncnn2c1. The maximum absolute atomic E-state index is 10.1. The number of aromatic amines is 1. The van der Waals surface area contributed by atoms with Crippen LogP contribution in [0.3, 0.4) is 0 Å². The summed E-state index contributed by atoms with van der Waals surface area (Å²) in [5.74, 6) is 0.474. The molecule has 0 aliphatic carbocycles. The molecule has 7 heteroatoms. The van der Waals surface area contributed by atoms with Crippen LogP contribution in [0.25, 0.3) is 27.7 Å². The third kappa shape index (κ3) is 3.83. The minimum atomic E-state index is -0.644. The van der Waals surface area contributed by atoms with E-state index in [1.807, 2.05) is 24.6 Å². The van der Waals surface area contributed by atoms with E-state index in [1.165, 1.54) is 22.2 Å². The molecule has 162 valence electrons. The fraction of sp³-hybridized carbons (Fsp3) is 0.458. The maximum atomic E-state index is 10.1. The van der Waals surface area contributed by atoms with E-state index in [0.717, 1.165) is 54.8 Å². The van der Waals surface area contributed by atoms with Gasteiger partial charge in [-0.1, -0.05) is 0 Å². The quantitative estimate of drug-likeness (QED) is 0.526. The summed E-state index contributed by atoms with van der Waals surface area (Å²) in [6.07, 6.45) is 5.79. The molecule has 1 aliphatic rings. The number of nitrogens with zero attached hydrogens (tertiary/aromatic N) is 5. The molecule has 0 amide bonds. The minimum Gasteiger partial charge on any atom is -0.389 e. The van der Waals surface area contributed by atoms with Crippen LogP contribution >= 0.6 is 0 Å². The van der Waals surface area contributed by atoms with Gasteiger partial charge in [-0.3, -0.25) is 5.10 Å². The van der Waals surface area contributed by atoms with Crippen LogP contribution in [0.1, 0.15) is 49.4 Å². The molecular weight excluding hydrogens is 388 g/mol. The molecular formula is C24H30N6O. The molecule has 4 heterocycles. The van der Waals surface area contributed by atoms with Crippen molar-refractivity contribution >= 4 is 16.6 Å². The normalized spacial score (nSPS) is 16.5. The van der Waals surface area contributed by atoms with Crippen LogP contribution in [0.4, 0.5) is 0 Å². The average Bonchev–Trinajstić information content (AvgIpc) is 3.33. The Kier molecular flexibility index (Phi) is 4.83. The highest BCUT2D eigenvalue weighted by molar-refractivity contribution is 5.88. The van der Waals surface area contributed by atoms with Crippen molar-refractivity contribution in [3.8, 4) is 11.1 Å². The molecule has 1 fully saturated rings. The molecule has 0 bridgehead atoms. The summed E-state index contributed by atoms with van der Waals surface area (Å²) in [6, 6.07) is 6.63. The van der Waals surface area contributed by atoms with Crippen LogP contribution in [-0.4, -0.2) is 60.0 Å². The molecule has 0 atom stereocenters. The van der Waals surface area contributed by atoms with Crippen LogP contribution in [0.5, 0.6) is 0 Å². The second-order valence-corrected chi connectivity index (χ2v) is 9.62. The zero-order chi connectivity index (χ0) is 21.8. The lowest BCUT2D eigenvalue weighted by molar-refractivity contribution is 0.0281. The topological polar surface area (TPSA) is 82.3 Å². The number of piperidine rings is 1. The van der Waals surface area contributed by atoms with Gasteiger partial charge in [0.1, 0.15) is 6.33 Å². The summed E-state index contributed by atoms with van der Waals surface area (Å²) in [5.41, 5.74) is 7.13. The number of H-pyrrole nitrogens is 1. The number of hydrogen-bond donors (Lipinski definition) is 2. The molecule has 31 heavy (non-hydrogen) atoms. The Balaban J connectivity index is 1.44. The lowest BCUT2D eigenvalue weighted by Gasteiger charge is -2.35. The number of aromatic nitrogens is 5. The highest BCUT2D eigenvalue weighted by atomic mass is 16.3. The predicted octanol–water partition coefficient (Wildman–Crippen LogP) is 3.84. The van der Waals surface area contributed by atoms with Gasteiger partial charge in [-0.25, -0.2) is 9.50 Å². The fourth-order valence-electron chi connectivity index (χ4n) is 4.98. The number of fused-ring (bicyclic) bond motifs is 2. The van der Waals surface area contributed by atoms with Crippen LogP contribution in [0.2, 0.25) is 0 Å². The number of hydrogen-bond acceptors (Lipinski definition) is 5. The van der Waals surface area contributed by atoms with Crippen molar-refractivity contribution in [2.24, 2.45) is 0 Å². The molecule has 1 aromatic carbocycles. The molecule has 0 spiro atoms. The lowest BCUT2D eigenvalue weighted by Crippen LogP contribution is -2.42. The first-order valence-corrected chi connectivity index (χ1v) is 11.0. The zero-order valence-electron chi connectivity index (χ0n) is 18.7. The van der Waals surface area contributed by atoms with E-state index in [0.29, 0.717) is 5.92 Å². The van der Waals surface area contributed by atoms with Crippen LogP contribution in [0.15, 0.2) is 30.7 Å². The summed E-state index contributed by atoms with van der Waals surface area (Å²) in [5, 5.41) is 23.7. The second-order valence-electron chi connectivity index (χ2n) is 9.62. The molecule has 3 aromatic heterocycles. The summed E-state index contributed by atoms with van der Waals surface area (Å²) >= 11 is 0. The number of benzene rings is 1. The number of nitrogens with one attached hydrogen (secondary N) is 1. The lowest BCUT2D eigenvalue weighted by atomic mass is 9.89. The van der Waals surface area contributed by atoms with Gasteiger partial charge in [-0.15, -0.1) is 0 Å². The van der Waals surface area contributed by atoms with Gasteiger partial charge in [0.05, 0.1) is 11.1 Å². The average molecular weight is 419 g/mol. The first-order valence-electron chi connectivity index (χ1n) is 11.0. The van der Waals surface area contributed by atoms with E-state index in [2.05, 4.69) is 57.2 Å². The zero-order valence-corrected chi connectivity index (χ0v) is 18.7. The van der Waals surface area contributed by atoms with Crippen LogP contribution in [-0.2, 0) is 0 Å². The maximum Gasteiger partial charge on any atom is 0.158 e. The van der Waals surface area contributed by atoms with E-state index in [1.54, 1.807) is 6.33 Å². The van der Waals surface area contributed by atoms with Gasteiger partial charge in [0.25, 0.3) is 0 Å². The highest BCUT2D eigenvalue weighted by Gasteiger charge is 2.27. The Labute approximate surface area is 182 Å². The second kappa shape index (κ2) is 7.43. The monoisotopic (exact) mass is 418 g/mol. The largest absolute Gasteiger partial charge is 0.389 e. The van der Waals surface area contributed by atoms with Gasteiger partial charge in [-0.2, -0.15) is 10.2 Å². The molecule has 2 N–H and O–H groups in total. The minimum absolute atomic E-state index is 0.474. The number of rotatable bonds is 4. The molecule has 4 aromatic rings. The number of pyridine rings is 1. The van der Waals surface area contributed by atoms with Crippen molar-refractivity contribution in [2.75, 3.05) is 19.6 Å². The van der Waals surface area contributed by atoms with Crippen molar-refractivity contribution in [3.63, 3.8) is 0 Å². The molecule has 0 saturated carbocycles. The predicted molar refractivity (Wildman–Crippen MR) is 122 cm³/mol. The number of β-amino-alcohol motifs (C(OH)–C–C–N with tert-alkyl or cyclic N) is 1. The molecule has 0 radical (unpaired) electrons. The van der Waals surface area contributed by atoms with Gasteiger partial charge < -0.3 is 10.0 Å². The van der Waals surface area contributed by atoms with Crippen LogP contribution < -0.4 is 0 Å². The van der Waals surface area contributed by atoms with Gasteiger partial charge in [-0.05, 0) is 88.5 Å². The van der Waals surface area contributed by atoms with Crippen molar-refractivity contribution in [1.82, 2.24) is 29.7 Å². The van der Waals surface area contributed by atoms with E-state index >= 15 is 0 Å². The van der Waals surface area contributed by atoms with E-state index in [9.17, 15) is 5.11 Å². The highest BCUT2D eigenvalue weighted by Crippen LogP contribution is 2.35. The van der Waals surface area contributed by atoms with Gasteiger partial charge in [0.15, 0.2) is 5.65 Å². The summed E-state index contributed by atoms with van der Waals surface area (Å²) in [4.78, 5) is 6.68. The Morgan fingerprint density at radius 2 is 1.90 bits per heavy atom. The standard InChI is InChI=1S/C24H30N6O/c1-15-10-20-21(11-19(15)18-9-16(2)23-25-14-26-30(23)12-18)27-28-22(20)17-5-7-29(8-6-17)13-24(3,4)31/h9-12,14,17,31H,5-8,13H2,1-4H3,(H,27,28). The summed E-state index contributed by atoms with van der Waals surface area (Å²) < 4.78 is 1.84. The Morgan fingerprint density at radius 1 is 1.13 bits per heavy atom. The van der Waals surface area contributed by atoms with Crippen molar-refractivity contribution in [1.29, 1.82) is 0 Å². The van der Waals surface area contributed by atoms with E-state index in [4.69, 9.17) is 0 Å². The summed E-state index contributed by atoms with van der Waals surface area (Å²) in [7, 11) is 0. The Hall–Kier alpha value is -2.77. The van der Waals surface area contributed by atoms with Gasteiger partial charge in [0.2, 0.25) is 0 Å². The third-order valence-electron chi connectivity index (χ3n) is 6.41. The molecule has 7 nitrogen and oxygen atoms in total. The van der Waals surface area contributed by atoms with E-state index < -0.39 is 5.60 Å². The number of likely N-dealkylation sites (tertiary alicyclic amines) is 1. The van der Waals surface area contributed by atoms with Gasteiger partial charge >= 0.3 is 0 Å². The van der Waals surface area contributed by atoms with Crippen molar-refractivity contribution in [2.45, 2.75) is 52.1 Å². The first kappa shape index (κ1) is 20.2. The Bertz CT molecular complexity index is 1240. The van der Waals surface area contributed by atoms with Crippen molar-refractivity contribution < 1.29 is 5.11 Å². The molecule has 0 unspecified atom stereocenters. The molecule has 1 saturated heterocycles. The molecule has 5 rings (SSSR count). The smallest absolute Gasteiger partial charge is 0.158 e. The molecule has 1 aliphatic heterocycles. The van der Waals surface area contributed by atoms with Crippen molar-refractivity contribution in [3.05, 3.63) is 47.5 Å². The van der Waals surface area contributed by atoms with Crippen LogP contribution in [0, 0.1) is 13.8 Å². The van der Waals surface area contributed by atoms with E-state index in [-0.39, 0.29) is 0 Å². The first-order chi connectivity index (χ1) is 14.8. The summed E-state index contributed by atoms with van der Waals surface area (Å²) in [6.45, 7) is 10.7. The Morgan fingerprint density at radius 3 is 2.65 bits per heavy atom. The van der Waals surface area contributed by atoms with Gasteiger partial charge in [0, 0.05) is 35.3 Å².